The van der Waals surface area contributed by atoms with Gasteiger partial charge in [-0.3, -0.25) is 4.98 Å². The summed E-state index contributed by atoms with van der Waals surface area (Å²) in [5.41, 5.74) is 9.08. The molecule has 0 amide bonds. The zero-order chi connectivity index (χ0) is 22.6. The number of thiophene rings is 1. The Labute approximate surface area is 199 Å². The number of rotatable bonds is 3. The van der Waals surface area contributed by atoms with E-state index in [1.807, 2.05) is 6.92 Å². The highest BCUT2D eigenvalue weighted by molar-refractivity contribution is 7.92. The zero-order valence-electron chi connectivity index (χ0n) is 18.5. The minimum absolute atomic E-state index is 0.208. The first-order chi connectivity index (χ1) is 16.0. The number of aromatic nitrogens is 1. The quantitative estimate of drug-likeness (QED) is 0.356. The minimum Gasteiger partial charge on any atom is -0.263 e. The zero-order valence-corrected chi connectivity index (χ0v) is 20.1. The molecule has 2 aliphatic carbocycles. The highest BCUT2D eigenvalue weighted by Crippen LogP contribution is 2.52. The van der Waals surface area contributed by atoms with Gasteiger partial charge in [-0.25, -0.2) is 8.42 Å². The van der Waals surface area contributed by atoms with Gasteiger partial charge in [0.05, 0.1) is 9.64 Å². The van der Waals surface area contributed by atoms with E-state index in [4.69, 9.17) is 0 Å². The van der Waals surface area contributed by atoms with E-state index in [1.165, 1.54) is 39.6 Å². The van der Waals surface area contributed by atoms with E-state index in [9.17, 15) is 8.42 Å². The third-order valence-electron chi connectivity index (χ3n) is 7.65. The van der Waals surface area contributed by atoms with Gasteiger partial charge in [-0.1, -0.05) is 36.4 Å². The van der Waals surface area contributed by atoms with Gasteiger partial charge >= 0.3 is 0 Å². The normalized spacial score (nSPS) is 21.7. The van der Waals surface area contributed by atoms with Crippen molar-refractivity contribution >= 4 is 21.2 Å². The largest absolute Gasteiger partial charge is 0.263 e. The Balaban J connectivity index is 1.56. The van der Waals surface area contributed by atoms with Crippen LogP contribution in [0.15, 0.2) is 82.6 Å². The van der Waals surface area contributed by atoms with E-state index < -0.39 is 14.6 Å². The van der Waals surface area contributed by atoms with Crippen LogP contribution >= 0.6 is 11.3 Å². The van der Waals surface area contributed by atoms with Gasteiger partial charge in [0.2, 0.25) is 0 Å². The van der Waals surface area contributed by atoms with Crippen LogP contribution in [0.1, 0.15) is 47.1 Å². The smallest absolute Gasteiger partial charge is 0.186 e. The Morgan fingerprint density at radius 1 is 0.939 bits per heavy atom. The molecule has 5 heteroatoms. The molecule has 2 unspecified atom stereocenters. The van der Waals surface area contributed by atoms with Crippen LogP contribution in [-0.2, 0) is 29.1 Å². The lowest BCUT2D eigenvalue weighted by Gasteiger charge is -2.43. The second-order valence-electron chi connectivity index (χ2n) is 9.31. The van der Waals surface area contributed by atoms with Crippen molar-refractivity contribution in [3.05, 3.63) is 106 Å². The maximum absolute atomic E-state index is 14.0. The Bertz CT molecular complexity index is 1440. The lowest BCUT2D eigenvalue weighted by atomic mass is 9.69. The molecule has 2 heterocycles. The van der Waals surface area contributed by atoms with E-state index in [2.05, 4.69) is 58.2 Å². The summed E-state index contributed by atoms with van der Waals surface area (Å²) in [6.07, 6.45) is 6.53. The summed E-state index contributed by atoms with van der Waals surface area (Å²) in [6, 6.07) is 18.6. The summed E-state index contributed by atoms with van der Waals surface area (Å²) < 4.78 is 27.1. The van der Waals surface area contributed by atoms with Crippen molar-refractivity contribution in [3.63, 3.8) is 0 Å². The second kappa shape index (κ2) is 7.64. The van der Waals surface area contributed by atoms with Crippen molar-refractivity contribution in [2.45, 2.75) is 48.2 Å². The first-order valence-electron chi connectivity index (χ1n) is 11.4. The van der Waals surface area contributed by atoms with Gasteiger partial charge in [0, 0.05) is 18.3 Å². The first-order valence-corrected chi connectivity index (χ1v) is 13.8. The lowest BCUT2D eigenvalue weighted by Crippen LogP contribution is -2.45. The minimum atomic E-state index is -3.61. The third-order valence-corrected chi connectivity index (χ3v) is 10.9. The van der Waals surface area contributed by atoms with Gasteiger partial charge in [-0.15, -0.1) is 0 Å². The Hall–Kier alpha value is -2.76. The predicted octanol–water partition coefficient (Wildman–Crippen LogP) is 6.22. The summed E-state index contributed by atoms with van der Waals surface area (Å²) in [5.74, 6) is -0.208. The van der Waals surface area contributed by atoms with Crippen molar-refractivity contribution in [2.75, 3.05) is 0 Å². The third kappa shape index (κ3) is 3.06. The number of aryl methyl sites for hydroxylation is 1. The molecule has 6 rings (SSSR count). The molecule has 2 atom stereocenters. The number of pyridine rings is 1. The number of fused-ring (bicyclic) bond motifs is 5. The maximum Gasteiger partial charge on any atom is 0.186 e. The lowest BCUT2D eigenvalue weighted by molar-refractivity contribution is 0.444. The molecular weight excluding hydrogens is 446 g/mol. The van der Waals surface area contributed by atoms with Crippen LogP contribution in [0.3, 0.4) is 0 Å². The number of benzene rings is 2. The monoisotopic (exact) mass is 471 g/mol. The molecule has 0 fully saturated rings. The second-order valence-corrected chi connectivity index (χ2v) is 12.5. The molecule has 0 aliphatic heterocycles. The highest BCUT2D eigenvalue weighted by Gasteiger charge is 2.51. The van der Waals surface area contributed by atoms with Crippen molar-refractivity contribution in [1.82, 2.24) is 4.98 Å². The van der Waals surface area contributed by atoms with Crippen molar-refractivity contribution in [3.8, 4) is 11.1 Å². The molecule has 2 aromatic heterocycles. The average molecular weight is 472 g/mol. The van der Waals surface area contributed by atoms with E-state index in [-0.39, 0.29) is 5.92 Å². The van der Waals surface area contributed by atoms with Gasteiger partial charge in [0.25, 0.3) is 0 Å². The maximum atomic E-state index is 14.0. The van der Waals surface area contributed by atoms with Crippen LogP contribution in [-0.4, -0.2) is 18.1 Å². The van der Waals surface area contributed by atoms with Crippen LogP contribution in [0, 0.1) is 0 Å². The molecule has 0 spiro atoms. The van der Waals surface area contributed by atoms with E-state index >= 15 is 0 Å². The van der Waals surface area contributed by atoms with E-state index in [0.29, 0.717) is 11.3 Å². The van der Waals surface area contributed by atoms with Crippen LogP contribution in [0.4, 0.5) is 0 Å². The molecule has 0 saturated carbocycles. The highest BCUT2D eigenvalue weighted by atomic mass is 32.2. The molecule has 4 aromatic rings. The van der Waals surface area contributed by atoms with Crippen molar-refractivity contribution in [2.24, 2.45) is 0 Å². The fourth-order valence-electron chi connectivity index (χ4n) is 5.96. The predicted molar refractivity (Wildman–Crippen MR) is 134 cm³/mol. The Morgan fingerprint density at radius 2 is 1.82 bits per heavy atom. The van der Waals surface area contributed by atoms with Crippen molar-refractivity contribution < 1.29 is 8.42 Å². The topological polar surface area (TPSA) is 47.0 Å². The van der Waals surface area contributed by atoms with Gasteiger partial charge in [0.15, 0.2) is 9.84 Å². The summed E-state index contributed by atoms with van der Waals surface area (Å²) in [5, 5.41) is 4.17. The first kappa shape index (κ1) is 20.8. The van der Waals surface area contributed by atoms with E-state index in [0.717, 1.165) is 24.8 Å². The summed E-state index contributed by atoms with van der Waals surface area (Å²) in [7, 11) is -3.61. The standard InChI is InChI=1S/C28H25NO2S2/c1-28(33(30,31)21-6-4-15-29-17-21)14-12-25-24-9-8-19-5-2-3-7-22(19)23(24)10-11-26(25)27(28)20-13-16-32-18-20/h2-7,10-11,13,15-18,27H,8-9,12,14H2,1H3. The fraction of sp³-hybridized carbons (Fsp3) is 0.250. The number of sulfone groups is 1. The molecule has 3 nitrogen and oxygen atoms in total. The molecule has 0 radical (unpaired) electrons. The summed E-state index contributed by atoms with van der Waals surface area (Å²) in [4.78, 5) is 4.42. The molecule has 0 N–H and O–H groups in total. The Kier molecular flexibility index (Phi) is 4.82. The van der Waals surface area contributed by atoms with Gasteiger partial charge in [0.1, 0.15) is 0 Å². The molecule has 33 heavy (non-hydrogen) atoms. The van der Waals surface area contributed by atoms with Gasteiger partial charge in [-0.05, 0) is 101 Å². The molecule has 0 saturated heterocycles. The SMILES string of the molecule is CC1(S(=O)(=O)c2cccnc2)CCc2c(ccc3c2CCc2ccccc2-3)C1c1ccsc1. The van der Waals surface area contributed by atoms with E-state index in [1.54, 1.807) is 29.7 Å². The van der Waals surface area contributed by atoms with Crippen LogP contribution in [0.2, 0.25) is 0 Å². The molecule has 2 aromatic carbocycles. The molecule has 2 aliphatic rings. The van der Waals surface area contributed by atoms with Crippen LogP contribution in [0.25, 0.3) is 11.1 Å². The summed E-state index contributed by atoms with van der Waals surface area (Å²) >= 11 is 1.63. The molecule has 166 valence electrons. The Morgan fingerprint density at radius 3 is 2.61 bits per heavy atom. The number of hydrogen-bond acceptors (Lipinski definition) is 4. The molecule has 0 bridgehead atoms. The summed E-state index contributed by atoms with van der Waals surface area (Å²) in [6.45, 7) is 1.94. The number of hydrogen-bond donors (Lipinski definition) is 0. The van der Waals surface area contributed by atoms with Crippen LogP contribution in [0.5, 0.6) is 0 Å². The number of nitrogens with zero attached hydrogens (tertiary/aromatic N) is 1. The van der Waals surface area contributed by atoms with Gasteiger partial charge < -0.3 is 0 Å². The van der Waals surface area contributed by atoms with Crippen LogP contribution < -0.4 is 0 Å². The fourth-order valence-corrected chi connectivity index (χ4v) is 8.58. The van der Waals surface area contributed by atoms with Crippen molar-refractivity contribution in [1.29, 1.82) is 0 Å². The van der Waals surface area contributed by atoms with Gasteiger partial charge in [-0.2, -0.15) is 11.3 Å². The molecular formula is C28H25NO2S2. The average Bonchev–Trinajstić information content (AvgIpc) is 3.38.